The highest BCUT2D eigenvalue weighted by Gasteiger charge is 2.53. The molecule has 1 aromatic heterocycles. The number of Topliss-reactive ketones (excluding diaryl/α,β-unsaturated/α-hetero) is 1. The maximum atomic E-state index is 13.0. The number of phenolic OH excluding ortho intramolecular Hbond substituents is 1. The third-order valence-electron chi connectivity index (χ3n) is 6.18. The normalized spacial score (nSPS) is 23.6. The molecule has 1 aliphatic rings. The molecule has 1 aromatic carbocycles. The molecule has 31 heavy (non-hydrogen) atoms. The Morgan fingerprint density at radius 2 is 2.06 bits per heavy atom. The molecule has 0 aliphatic carbocycles. The largest absolute Gasteiger partial charge is 0.507 e. The number of ketones is 1. The zero-order chi connectivity index (χ0) is 22.8. The number of cyclic esters (lactones) is 1. The number of aryl methyl sites for hydroxylation is 1. The molecular weight excluding hydrogens is 396 g/mol. The summed E-state index contributed by atoms with van der Waals surface area (Å²) in [6, 6.07) is 6.45. The minimum Gasteiger partial charge on any atom is -0.507 e. The topological polar surface area (TPSA) is 86.0 Å². The van der Waals surface area contributed by atoms with Gasteiger partial charge in [0.1, 0.15) is 28.8 Å². The lowest BCUT2D eigenvalue weighted by molar-refractivity contribution is -0.149. The van der Waals surface area contributed by atoms with Gasteiger partial charge in [-0.1, -0.05) is 18.6 Å². The lowest BCUT2D eigenvalue weighted by Crippen LogP contribution is -2.33. The Kier molecular flexibility index (Phi) is 6.58. The maximum absolute atomic E-state index is 13.0. The molecule has 0 saturated carbocycles. The van der Waals surface area contributed by atoms with Crippen molar-refractivity contribution in [3.63, 3.8) is 0 Å². The number of ether oxygens (including phenoxy) is 2. The molecule has 1 fully saturated rings. The van der Waals surface area contributed by atoms with Crippen LogP contribution in [0.4, 0.5) is 0 Å². The van der Waals surface area contributed by atoms with E-state index in [1.165, 1.54) is 24.8 Å². The van der Waals surface area contributed by atoms with Crippen molar-refractivity contribution < 1.29 is 28.6 Å². The van der Waals surface area contributed by atoms with Gasteiger partial charge in [0.25, 0.3) is 0 Å². The monoisotopic (exact) mass is 426 g/mol. The molecule has 2 aromatic rings. The molecule has 166 valence electrons. The van der Waals surface area contributed by atoms with Crippen LogP contribution < -0.4 is 4.74 Å². The average molecular weight is 427 g/mol. The number of esters is 1. The van der Waals surface area contributed by atoms with Crippen LogP contribution in [0.2, 0.25) is 0 Å². The van der Waals surface area contributed by atoms with Crippen LogP contribution in [0.1, 0.15) is 55.3 Å². The zero-order valence-corrected chi connectivity index (χ0v) is 18.7. The van der Waals surface area contributed by atoms with Gasteiger partial charge in [0.05, 0.1) is 18.9 Å². The molecule has 0 radical (unpaired) electrons. The summed E-state index contributed by atoms with van der Waals surface area (Å²) >= 11 is 0. The smallest absolute Gasteiger partial charge is 0.317 e. The first-order valence-corrected chi connectivity index (χ1v) is 10.5. The second-order valence-corrected chi connectivity index (χ2v) is 8.60. The molecule has 2 heterocycles. The summed E-state index contributed by atoms with van der Waals surface area (Å²) in [4.78, 5) is 25.7. The van der Waals surface area contributed by atoms with Gasteiger partial charge in [-0.25, -0.2) is 0 Å². The van der Waals surface area contributed by atoms with E-state index in [4.69, 9.17) is 13.9 Å². The number of carbonyl (C=O) groups is 2. The van der Waals surface area contributed by atoms with E-state index >= 15 is 0 Å². The van der Waals surface area contributed by atoms with Crippen LogP contribution in [0.5, 0.6) is 11.5 Å². The molecule has 1 saturated heterocycles. The van der Waals surface area contributed by atoms with E-state index in [-0.39, 0.29) is 17.2 Å². The van der Waals surface area contributed by atoms with Crippen LogP contribution in [0.25, 0.3) is 0 Å². The van der Waals surface area contributed by atoms with Gasteiger partial charge >= 0.3 is 5.97 Å². The van der Waals surface area contributed by atoms with Crippen LogP contribution in [0.3, 0.4) is 0 Å². The molecular formula is C25H30O6. The summed E-state index contributed by atoms with van der Waals surface area (Å²) in [7, 11) is 1.48. The molecule has 3 atom stereocenters. The highest BCUT2D eigenvalue weighted by atomic mass is 16.6. The SMILES string of the molecule is COc1ccc(C(=O)[C@H]2C(=O)O[C@](C)(CC/C=C(\C)Cc3cc(C)co3)[C@@H]2C)c(O)c1. The number of furan rings is 1. The van der Waals surface area contributed by atoms with Gasteiger partial charge < -0.3 is 19.0 Å². The van der Waals surface area contributed by atoms with Crippen LogP contribution in [-0.2, 0) is 16.0 Å². The number of hydrogen-bond donors (Lipinski definition) is 1. The van der Waals surface area contributed by atoms with Crippen molar-refractivity contribution in [3.8, 4) is 11.5 Å². The number of allylic oxidation sites excluding steroid dienone is 2. The van der Waals surface area contributed by atoms with E-state index in [0.717, 1.165) is 17.7 Å². The first-order chi connectivity index (χ1) is 14.6. The number of rotatable bonds is 8. The van der Waals surface area contributed by atoms with Gasteiger partial charge in [0.15, 0.2) is 5.78 Å². The third-order valence-corrected chi connectivity index (χ3v) is 6.18. The quantitative estimate of drug-likeness (QED) is 0.276. The molecule has 1 N–H and O–H groups in total. The van der Waals surface area contributed by atoms with Crippen LogP contribution >= 0.6 is 0 Å². The molecule has 0 unspecified atom stereocenters. The van der Waals surface area contributed by atoms with Gasteiger partial charge in [0, 0.05) is 18.4 Å². The van der Waals surface area contributed by atoms with Gasteiger partial charge in [-0.2, -0.15) is 0 Å². The van der Waals surface area contributed by atoms with Crippen molar-refractivity contribution in [2.24, 2.45) is 11.8 Å². The van der Waals surface area contributed by atoms with Gasteiger partial charge in [0.2, 0.25) is 0 Å². The van der Waals surface area contributed by atoms with Crippen molar-refractivity contribution in [2.75, 3.05) is 7.11 Å². The Morgan fingerprint density at radius 1 is 1.32 bits per heavy atom. The van der Waals surface area contributed by atoms with E-state index in [1.54, 1.807) is 12.3 Å². The van der Waals surface area contributed by atoms with E-state index in [1.807, 2.05) is 33.8 Å². The van der Waals surface area contributed by atoms with Crippen LogP contribution in [0, 0.1) is 18.8 Å². The molecule has 0 bridgehead atoms. The van der Waals surface area contributed by atoms with Crippen molar-refractivity contribution in [3.05, 3.63) is 59.1 Å². The Bertz CT molecular complexity index is 1000. The minimum absolute atomic E-state index is 0.100. The number of methoxy groups -OCH3 is 1. The Morgan fingerprint density at radius 3 is 2.68 bits per heavy atom. The summed E-state index contributed by atoms with van der Waals surface area (Å²) in [5.74, 6) is -1.08. The van der Waals surface area contributed by atoms with Crippen LogP contribution in [0.15, 0.2) is 46.6 Å². The molecule has 3 rings (SSSR count). The maximum Gasteiger partial charge on any atom is 0.317 e. The zero-order valence-electron chi connectivity index (χ0n) is 18.7. The number of phenols is 1. The van der Waals surface area contributed by atoms with Gasteiger partial charge in [-0.05, 0) is 57.4 Å². The highest BCUT2D eigenvalue weighted by molar-refractivity contribution is 6.11. The lowest BCUT2D eigenvalue weighted by atomic mass is 9.77. The summed E-state index contributed by atoms with van der Waals surface area (Å²) in [6.07, 6.45) is 5.91. The Hall–Kier alpha value is -3.02. The molecule has 6 heteroatoms. The summed E-state index contributed by atoms with van der Waals surface area (Å²) < 4.78 is 16.2. The number of carbonyl (C=O) groups excluding carboxylic acids is 2. The second kappa shape index (κ2) is 9.00. The van der Waals surface area contributed by atoms with Crippen molar-refractivity contribution in [1.29, 1.82) is 0 Å². The predicted molar refractivity (Wildman–Crippen MR) is 116 cm³/mol. The third kappa shape index (κ3) is 4.84. The Balaban J connectivity index is 1.67. The summed E-state index contributed by atoms with van der Waals surface area (Å²) in [5, 5.41) is 10.2. The van der Waals surface area contributed by atoms with E-state index in [2.05, 4.69) is 6.08 Å². The minimum atomic E-state index is -0.944. The van der Waals surface area contributed by atoms with Gasteiger partial charge in [-0.15, -0.1) is 0 Å². The summed E-state index contributed by atoms with van der Waals surface area (Å²) in [6.45, 7) is 7.77. The lowest BCUT2D eigenvalue weighted by Gasteiger charge is -2.28. The Labute approximate surface area is 182 Å². The molecule has 6 nitrogen and oxygen atoms in total. The van der Waals surface area contributed by atoms with E-state index < -0.39 is 23.3 Å². The molecule has 0 amide bonds. The number of hydrogen-bond acceptors (Lipinski definition) is 6. The predicted octanol–water partition coefficient (Wildman–Crippen LogP) is 5.02. The fraction of sp³-hybridized carbons (Fsp3) is 0.440. The average Bonchev–Trinajstić information content (AvgIpc) is 3.21. The molecule has 1 aliphatic heterocycles. The van der Waals surface area contributed by atoms with Crippen LogP contribution in [-0.4, -0.2) is 29.6 Å². The van der Waals surface area contributed by atoms with Gasteiger partial charge in [-0.3, -0.25) is 9.59 Å². The van der Waals surface area contributed by atoms with Crippen molar-refractivity contribution >= 4 is 11.8 Å². The number of aromatic hydroxyl groups is 1. The van der Waals surface area contributed by atoms with Crippen molar-refractivity contribution in [1.82, 2.24) is 0 Å². The first kappa shape index (κ1) is 22.7. The van der Waals surface area contributed by atoms with E-state index in [9.17, 15) is 14.7 Å². The first-order valence-electron chi connectivity index (χ1n) is 10.5. The van der Waals surface area contributed by atoms with E-state index in [0.29, 0.717) is 18.6 Å². The number of benzene rings is 1. The molecule has 0 spiro atoms. The highest BCUT2D eigenvalue weighted by Crippen LogP contribution is 2.42. The standard InChI is InChI=1S/C25H30O6/c1-15(11-19-12-16(2)14-30-19)7-6-10-25(4)17(3)22(24(28)31-25)23(27)20-9-8-18(29-5)13-21(20)26/h7-9,12-14,17,22,26H,6,10-11H2,1-5H3/b15-7+/t17-,22+,25-/m1/s1. The fourth-order valence-corrected chi connectivity index (χ4v) is 4.11. The second-order valence-electron chi connectivity index (χ2n) is 8.60. The summed E-state index contributed by atoms with van der Waals surface area (Å²) in [5.41, 5.74) is 1.62. The fourth-order valence-electron chi connectivity index (χ4n) is 4.11. The van der Waals surface area contributed by atoms with Crippen molar-refractivity contribution in [2.45, 2.75) is 52.6 Å².